The lowest BCUT2D eigenvalue weighted by Crippen LogP contribution is -2.06. The first-order chi connectivity index (χ1) is 8.68. The number of hydrogen-bond acceptors (Lipinski definition) is 4. The van der Waals surface area contributed by atoms with Gasteiger partial charge in [-0.2, -0.15) is 0 Å². The van der Waals surface area contributed by atoms with Crippen molar-refractivity contribution in [1.82, 2.24) is 5.16 Å². The number of hydrogen-bond donors (Lipinski definition) is 0. The first-order valence-corrected chi connectivity index (χ1v) is 6.10. The van der Waals surface area contributed by atoms with Gasteiger partial charge < -0.3 is 14.0 Å². The topological polar surface area (TPSA) is 44.5 Å². The molecule has 0 bridgehead atoms. The zero-order valence-corrected chi connectivity index (χ0v) is 11.3. The molecule has 0 fully saturated rings. The van der Waals surface area contributed by atoms with Crippen LogP contribution in [0.25, 0.3) is 0 Å². The minimum atomic E-state index is 0.567. The fourth-order valence-electron chi connectivity index (χ4n) is 1.24. The van der Waals surface area contributed by atoms with Gasteiger partial charge in [-0.1, -0.05) is 16.8 Å². The fourth-order valence-corrected chi connectivity index (χ4v) is 1.24. The minimum Gasteiger partial charge on any atom is -0.496 e. The third-order valence-electron chi connectivity index (χ3n) is 2.20. The zero-order chi connectivity index (χ0) is 13.2. The molecule has 100 valence electrons. The number of allylic oxidation sites excluding steroid dienone is 4. The molecule has 0 unspecified atom stereocenters. The Hall–Kier alpha value is -1.55. The second-order valence-electron chi connectivity index (χ2n) is 4.22. The van der Waals surface area contributed by atoms with Gasteiger partial charge in [0, 0.05) is 12.5 Å². The van der Waals surface area contributed by atoms with E-state index in [1.54, 1.807) is 6.26 Å². The van der Waals surface area contributed by atoms with E-state index in [4.69, 9.17) is 14.0 Å². The third-order valence-corrected chi connectivity index (χ3v) is 2.20. The second kappa shape index (κ2) is 8.53. The van der Waals surface area contributed by atoms with E-state index < -0.39 is 0 Å². The van der Waals surface area contributed by atoms with Crippen molar-refractivity contribution in [3.63, 3.8) is 0 Å². The van der Waals surface area contributed by atoms with Crippen LogP contribution in [-0.2, 0) is 15.9 Å². The van der Waals surface area contributed by atoms with E-state index in [2.05, 4.69) is 19.0 Å². The molecule has 0 atom stereocenters. The van der Waals surface area contributed by atoms with Crippen LogP contribution in [-0.4, -0.2) is 25.0 Å². The summed E-state index contributed by atoms with van der Waals surface area (Å²) < 4.78 is 15.6. The lowest BCUT2D eigenvalue weighted by molar-refractivity contribution is 0.0773. The van der Waals surface area contributed by atoms with Crippen molar-refractivity contribution in [3.05, 3.63) is 41.5 Å². The maximum Gasteiger partial charge on any atom is 0.124 e. The molecule has 0 saturated carbocycles. The molecule has 1 aromatic rings. The molecule has 18 heavy (non-hydrogen) atoms. The van der Waals surface area contributed by atoms with Crippen LogP contribution in [0.5, 0.6) is 0 Å². The van der Waals surface area contributed by atoms with Crippen molar-refractivity contribution in [2.24, 2.45) is 0 Å². The Labute approximate surface area is 108 Å². The molecule has 0 aliphatic heterocycles. The standard InChI is InChI=1S/C14H21NO3/c1-12(2)4-5-13(3)17-11-10-16-8-6-14-7-9-18-15-14/h4-5,7,9H,6,8,10-11H2,1-3H3/b13-5+. The monoisotopic (exact) mass is 251 g/mol. The normalized spacial score (nSPS) is 11.4. The molecule has 0 aromatic carbocycles. The van der Waals surface area contributed by atoms with Crippen LogP contribution in [0.1, 0.15) is 26.5 Å². The van der Waals surface area contributed by atoms with Crippen molar-refractivity contribution < 1.29 is 14.0 Å². The summed E-state index contributed by atoms with van der Waals surface area (Å²) in [5.74, 6) is 0.899. The highest BCUT2D eigenvalue weighted by atomic mass is 16.5. The Bertz CT molecular complexity index is 376. The smallest absolute Gasteiger partial charge is 0.124 e. The van der Waals surface area contributed by atoms with Crippen LogP contribution >= 0.6 is 0 Å². The molecular formula is C14H21NO3. The maximum absolute atomic E-state index is 5.49. The van der Waals surface area contributed by atoms with Gasteiger partial charge in [0.15, 0.2) is 0 Å². The van der Waals surface area contributed by atoms with Gasteiger partial charge in [-0.3, -0.25) is 0 Å². The highest BCUT2D eigenvalue weighted by Crippen LogP contribution is 1.99. The molecule has 0 spiro atoms. The van der Waals surface area contributed by atoms with Crippen LogP contribution in [0.15, 0.2) is 40.3 Å². The second-order valence-corrected chi connectivity index (χ2v) is 4.22. The van der Waals surface area contributed by atoms with Crippen molar-refractivity contribution in [3.8, 4) is 0 Å². The van der Waals surface area contributed by atoms with Gasteiger partial charge in [0.1, 0.15) is 12.9 Å². The lowest BCUT2D eigenvalue weighted by Gasteiger charge is -2.06. The Kier molecular flexibility index (Phi) is 6.87. The van der Waals surface area contributed by atoms with Crippen LogP contribution in [0.2, 0.25) is 0 Å². The average Bonchev–Trinajstić information content (AvgIpc) is 2.84. The van der Waals surface area contributed by atoms with Gasteiger partial charge in [0.25, 0.3) is 0 Å². The molecule has 0 radical (unpaired) electrons. The Morgan fingerprint density at radius 3 is 2.72 bits per heavy atom. The summed E-state index contributed by atoms with van der Waals surface area (Å²) in [5, 5.41) is 3.80. The van der Waals surface area contributed by atoms with Crippen molar-refractivity contribution in [2.45, 2.75) is 27.2 Å². The summed E-state index contributed by atoms with van der Waals surface area (Å²) >= 11 is 0. The van der Waals surface area contributed by atoms with E-state index in [9.17, 15) is 0 Å². The summed E-state index contributed by atoms with van der Waals surface area (Å²) in [4.78, 5) is 0. The van der Waals surface area contributed by atoms with Gasteiger partial charge in [0.05, 0.1) is 24.7 Å². The van der Waals surface area contributed by atoms with E-state index in [0.717, 1.165) is 17.9 Å². The molecule has 1 aromatic heterocycles. The number of rotatable bonds is 8. The SMILES string of the molecule is CC(C)=C/C=C(\C)OCCOCCc1ccon1. The first-order valence-electron chi connectivity index (χ1n) is 6.10. The summed E-state index contributed by atoms with van der Waals surface area (Å²) in [6.45, 7) is 7.82. The van der Waals surface area contributed by atoms with Crippen LogP contribution in [0.4, 0.5) is 0 Å². The molecule has 1 rings (SSSR count). The van der Waals surface area contributed by atoms with Crippen LogP contribution in [0.3, 0.4) is 0 Å². The Balaban J connectivity index is 2.01. The van der Waals surface area contributed by atoms with Crippen molar-refractivity contribution in [1.29, 1.82) is 0 Å². The maximum atomic E-state index is 5.49. The highest BCUT2D eigenvalue weighted by Gasteiger charge is 1.96. The fraction of sp³-hybridized carbons (Fsp3) is 0.500. The predicted octanol–water partition coefficient (Wildman–Crippen LogP) is 3.12. The molecule has 0 aliphatic rings. The number of aromatic nitrogens is 1. The van der Waals surface area contributed by atoms with E-state index >= 15 is 0 Å². The van der Waals surface area contributed by atoms with Gasteiger partial charge in [-0.05, 0) is 26.8 Å². The van der Waals surface area contributed by atoms with Crippen LogP contribution < -0.4 is 0 Å². The number of ether oxygens (including phenoxy) is 2. The van der Waals surface area contributed by atoms with E-state index in [0.29, 0.717) is 19.8 Å². The van der Waals surface area contributed by atoms with Crippen LogP contribution in [0, 0.1) is 0 Å². The summed E-state index contributed by atoms with van der Waals surface area (Å²) in [6.07, 6.45) is 6.32. The molecule has 4 nitrogen and oxygen atoms in total. The van der Waals surface area contributed by atoms with Gasteiger partial charge >= 0.3 is 0 Å². The summed E-state index contributed by atoms with van der Waals surface area (Å²) in [5.41, 5.74) is 2.16. The minimum absolute atomic E-state index is 0.567. The van der Waals surface area contributed by atoms with Gasteiger partial charge in [-0.15, -0.1) is 0 Å². The van der Waals surface area contributed by atoms with E-state index in [1.807, 2.05) is 25.1 Å². The molecule has 0 saturated heterocycles. The molecule has 0 N–H and O–H groups in total. The van der Waals surface area contributed by atoms with Crippen molar-refractivity contribution in [2.75, 3.05) is 19.8 Å². The molecule has 0 amide bonds. The Morgan fingerprint density at radius 2 is 2.06 bits per heavy atom. The van der Waals surface area contributed by atoms with E-state index in [1.165, 1.54) is 5.57 Å². The van der Waals surface area contributed by atoms with Gasteiger partial charge in [0.2, 0.25) is 0 Å². The highest BCUT2D eigenvalue weighted by molar-refractivity contribution is 5.10. The molecule has 1 heterocycles. The largest absolute Gasteiger partial charge is 0.496 e. The molecule has 4 heteroatoms. The van der Waals surface area contributed by atoms with Gasteiger partial charge in [-0.25, -0.2) is 0 Å². The van der Waals surface area contributed by atoms with E-state index in [-0.39, 0.29) is 0 Å². The van der Waals surface area contributed by atoms with Crippen molar-refractivity contribution >= 4 is 0 Å². The lowest BCUT2D eigenvalue weighted by atomic mass is 10.3. The third kappa shape index (κ3) is 6.91. The molecular weight excluding hydrogens is 230 g/mol. The summed E-state index contributed by atoms with van der Waals surface area (Å²) in [6, 6.07) is 1.84. The Morgan fingerprint density at radius 1 is 1.22 bits per heavy atom. The zero-order valence-electron chi connectivity index (χ0n) is 11.3. The summed E-state index contributed by atoms with van der Waals surface area (Å²) in [7, 11) is 0. The quantitative estimate of drug-likeness (QED) is 0.404. The average molecular weight is 251 g/mol. The molecule has 0 aliphatic carbocycles. The number of nitrogens with zero attached hydrogens (tertiary/aromatic N) is 1. The predicted molar refractivity (Wildman–Crippen MR) is 70.2 cm³/mol. The first kappa shape index (κ1) is 14.5.